The van der Waals surface area contributed by atoms with Gasteiger partial charge < -0.3 is 4.98 Å². The van der Waals surface area contributed by atoms with Crippen molar-refractivity contribution < 1.29 is 14.0 Å². The number of nitrogens with one attached hydrogen (secondary N) is 2. The minimum absolute atomic E-state index is 0.282. The number of H-pyrrole nitrogens is 1. The van der Waals surface area contributed by atoms with Crippen molar-refractivity contribution in [1.29, 1.82) is 0 Å². The van der Waals surface area contributed by atoms with E-state index in [2.05, 4.69) is 10.5 Å². The van der Waals surface area contributed by atoms with Crippen molar-refractivity contribution in [3.05, 3.63) is 35.3 Å². The van der Waals surface area contributed by atoms with Gasteiger partial charge in [0.05, 0.1) is 5.56 Å². The number of aromatic amines is 1. The van der Waals surface area contributed by atoms with Gasteiger partial charge in [-0.05, 0) is 12.1 Å². The molecule has 0 unspecified atom stereocenters. The predicted octanol–water partition coefficient (Wildman–Crippen LogP) is 1.48. The van der Waals surface area contributed by atoms with Crippen molar-refractivity contribution in [2.45, 2.75) is 6.61 Å². The summed E-state index contributed by atoms with van der Waals surface area (Å²) in [6, 6.07) is 2.57. The molecule has 1 aliphatic heterocycles. The number of hydrogen-bond donors (Lipinski definition) is 2. The fourth-order valence-corrected chi connectivity index (χ4v) is 1.83. The van der Waals surface area contributed by atoms with Gasteiger partial charge in [0, 0.05) is 22.7 Å². The standard InChI is InChI=1S/C10H7FN2O2/c11-6-1-7-9-5(3-12-8(9)2-6)4-15-13-10(7)14/h1-3,12H,4H2,(H,13,14). The van der Waals surface area contributed by atoms with Crippen molar-refractivity contribution >= 4 is 16.8 Å². The monoisotopic (exact) mass is 206 g/mol. The average molecular weight is 206 g/mol. The lowest BCUT2D eigenvalue weighted by Gasteiger charge is -2.01. The number of halogens is 1. The molecule has 1 aliphatic rings. The van der Waals surface area contributed by atoms with Crippen LogP contribution in [0.25, 0.3) is 10.9 Å². The number of rotatable bonds is 0. The minimum Gasteiger partial charge on any atom is -0.361 e. The molecule has 76 valence electrons. The molecular weight excluding hydrogens is 199 g/mol. The van der Waals surface area contributed by atoms with E-state index < -0.39 is 11.7 Å². The molecule has 2 aromatic rings. The van der Waals surface area contributed by atoms with Crippen molar-refractivity contribution in [3.8, 4) is 0 Å². The third-order valence-corrected chi connectivity index (χ3v) is 2.46. The molecule has 2 N–H and O–H groups in total. The third kappa shape index (κ3) is 1.13. The summed E-state index contributed by atoms with van der Waals surface area (Å²) >= 11 is 0. The zero-order valence-electron chi connectivity index (χ0n) is 7.63. The van der Waals surface area contributed by atoms with Crippen LogP contribution >= 0.6 is 0 Å². The maximum Gasteiger partial charge on any atom is 0.275 e. The molecule has 0 saturated carbocycles. The molecule has 1 aromatic carbocycles. The molecule has 0 spiro atoms. The molecule has 0 radical (unpaired) electrons. The third-order valence-electron chi connectivity index (χ3n) is 2.46. The molecule has 0 saturated heterocycles. The second-order valence-electron chi connectivity index (χ2n) is 3.41. The van der Waals surface area contributed by atoms with Crippen molar-refractivity contribution in [1.82, 2.24) is 10.5 Å². The summed E-state index contributed by atoms with van der Waals surface area (Å²) in [4.78, 5) is 19.4. The average Bonchev–Trinajstić information content (AvgIpc) is 2.52. The van der Waals surface area contributed by atoms with Crippen LogP contribution in [-0.4, -0.2) is 10.9 Å². The summed E-state index contributed by atoms with van der Waals surface area (Å²) in [6.45, 7) is 0.282. The summed E-state index contributed by atoms with van der Waals surface area (Å²) in [5.41, 5.74) is 4.01. The normalized spacial score (nSPS) is 15.1. The summed E-state index contributed by atoms with van der Waals surface area (Å²) in [5, 5.41) is 0.728. The first kappa shape index (κ1) is 8.43. The minimum atomic E-state index is -0.442. The van der Waals surface area contributed by atoms with Crippen LogP contribution in [0.3, 0.4) is 0 Å². The Morgan fingerprint density at radius 1 is 1.40 bits per heavy atom. The molecule has 3 rings (SSSR count). The van der Waals surface area contributed by atoms with Gasteiger partial charge in [0.15, 0.2) is 0 Å². The van der Waals surface area contributed by atoms with Gasteiger partial charge in [-0.25, -0.2) is 9.87 Å². The lowest BCUT2D eigenvalue weighted by Crippen LogP contribution is -2.21. The molecule has 0 atom stereocenters. The van der Waals surface area contributed by atoms with E-state index in [0.29, 0.717) is 11.1 Å². The van der Waals surface area contributed by atoms with E-state index >= 15 is 0 Å². The van der Waals surface area contributed by atoms with Gasteiger partial charge in [0.25, 0.3) is 5.91 Å². The smallest absolute Gasteiger partial charge is 0.275 e. The van der Waals surface area contributed by atoms with Crippen LogP contribution in [0.1, 0.15) is 15.9 Å². The Morgan fingerprint density at radius 3 is 3.13 bits per heavy atom. The first-order valence-electron chi connectivity index (χ1n) is 4.47. The number of carbonyl (C=O) groups excluding carboxylic acids is 1. The molecule has 0 aliphatic carbocycles. The molecule has 0 bridgehead atoms. The van der Waals surface area contributed by atoms with Crippen molar-refractivity contribution in [3.63, 3.8) is 0 Å². The van der Waals surface area contributed by atoms with E-state index in [-0.39, 0.29) is 6.61 Å². The van der Waals surface area contributed by atoms with E-state index in [1.54, 1.807) is 6.20 Å². The van der Waals surface area contributed by atoms with Gasteiger partial charge in [-0.2, -0.15) is 0 Å². The summed E-state index contributed by atoms with van der Waals surface area (Å²) in [5.74, 6) is -0.860. The second-order valence-corrected chi connectivity index (χ2v) is 3.41. The van der Waals surface area contributed by atoms with Gasteiger partial charge in [-0.3, -0.25) is 9.63 Å². The Bertz CT molecular complexity index is 562. The number of amides is 1. The fourth-order valence-electron chi connectivity index (χ4n) is 1.83. The highest BCUT2D eigenvalue weighted by Crippen LogP contribution is 2.26. The van der Waals surface area contributed by atoms with E-state index in [9.17, 15) is 9.18 Å². The van der Waals surface area contributed by atoms with Crippen molar-refractivity contribution in [2.24, 2.45) is 0 Å². The number of benzene rings is 1. The van der Waals surface area contributed by atoms with Gasteiger partial charge >= 0.3 is 0 Å². The maximum atomic E-state index is 13.2. The van der Waals surface area contributed by atoms with E-state index in [4.69, 9.17) is 4.84 Å². The Balaban J connectivity index is 2.44. The van der Waals surface area contributed by atoms with Crippen LogP contribution in [0, 0.1) is 5.82 Å². The first-order valence-corrected chi connectivity index (χ1v) is 4.47. The highest BCUT2D eigenvalue weighted by molar-refractivity contribution is 6.07. The number of hydroxylamine groups is 1. The van der Waals surface area contributed by atoms with E-state index in [0.717, 1.165) is 10.9 Å². The van der Waals surface area contributed by atoms with Crippen molar-refractivity contribution in [2.75, 3.05) is 0 Å². The summed E-state index contributed by atoms with van der Waals surface area (Å²) in [7, 11) is 0. The van der Waals surface area contributed by atoms with E-state index in [1.807, 2.05) is 0 Å². The lowest BCUT2D eigenvalue weighted by atomic mass is 10.1. The predicted molar refractivity (Wildman–Crippen MR) is 50.5 cm³/mol. The molecule has 2 heterocycles. The first-order chi connectivity index (χ1) is 7.25. The topological polar surface area (TPSA) is 54.1 Å². The number of carbonyl (C=O) groups is 1. The molecule has 4 nitrogen and oxygen atoms in total. The Labute approximate surface area is 84.0 Å². The quantitative estimate of drug-likeness (QED) is 0.686. The molecular formula is C10H7FN2O2. The Morgan fingerprint density at radius 2 is 2.27 bits per heavy atom. The van der Waals surface area contributed by atoms with Gasteiger partial charge in [0.1, 0.15) is 12.4 Å². The van der Waals surface area contributed by atoms with Crippen LogP contribution in [0.15, 0.2) is 18.3 Å². The maximum absolute atomic E-state index is 13.2. The molecule has 5 heteroatoms. The molecule has 1 aromatic heterocycles. The van der Waals surface area contributed by atoms with E-state index in [1.165, 1.54) is 12.1 Å². The number of hydrogen-bond acceptors (Lipinski definition) is 2. The largest absolute Gasteiger partial charge is 0.361 e. The van der Waals surface area contributed by atoms with Crippen LogP contribution < -0.4 is 5.48 Å². The molecule has 1 amide bonds. The highest BCUT2D eigenvalue weighted by atomic mass is 19.1. The molecule has 15 heavy (non-hydrogen) atoms. The zero-order valence-corrected chi connectivity index (χ0v) is 7.63. The second kappa shape index (κ2) is 2.80. The van der Waals surface area contributed by atoms with Gasteiger partial charge in [-0.1, -0.05) is 0 Å². The van der Waals surface area contributed by atoms with Crippen LogP contribution in [0.4, 0.5) is 4.39 Å². The Kier molecular flexibility index (Phi) is 1.58. The fraction of sp³-hybridized carbons (Fsp3) is 0.100. The van der Waals surface area contributed by atoms with Crippen LogP contribution in [0.2, 0.25) is 0 Å². The van der Waals surface area contributed by atoms with Gasteiger partial charge in [-0.15, -0.1) is 0 Å². The van der Waals surface area contributed by atoms with Crippen LogP contribution in [0.5, 0.6) is 0 Å². The number of aromatic nitrogens is 1. The zero-order chi connectivity index (χ0) is 10.4. The summed E-state index contributed by atoms with van der Waals surface area (Å²) < 4.78 is 13.2. The Hall–Kier alpha value is -1.88. The van der Waals surface area contributed by atoms with Crippen LogP contribution in [-0.2, 0) is 11.4 Å². The van der Waals surface area contributed by atoms with Gasteiger partial charge in [0.2, 0.25) is 0 Å². The lowest BCUT2D eigenvalue weighted by molar-refractivity contribution is 0.0254. The SMILES string of the molecule is O=C1NOCc2c[nH]c3cc(F)cc1c23. The highest BCUT2D eigenvalue weighted by Gasteiger charge is 2.19. The summed E-state index contributed by atoms with van der Waals surface area (Å²) in [6.07, 6.45) is 1.72. The molecule has 0 fully saturated rings.